The summed E-state index contributed by atoms with van der Waals surface area (Å²) in [4.78, 5) is 13.7. The molecule has 0 spiro atoms. The fourth-order valence-electron chi connectivity index (χ4n) is 3.24. The Morgan fingerprint density at radius 1 is 1.04 bits per heavy atom. The lowest BCUT2D eigenvalue weighted by Gasteiger charge is -2.34. The summed E-state index contributed by atoms with van der Waals surface area (Å²) in [5.74, 6) is -0.361. The molecule has 1 N–H and O–H groups in total. The minimum atomic E-state index is -0.699. The van der Waals surface area contributed by atoms with Gasteiger partial charge in [-0.1, -0.05) is 83.2 Å². The molecule has 0 saturated heterocycles. The van der Waals surface area contributed by atoms with Gasteiger partial charge in [-0.25, -0.2) is 0 Å². The molecule has 1 aromatic rings. The molecule has 0 aliphatic heterocycles. The number of rotatable bonds is 13. The highest BCUT2D eigenvalue weighted by Gasteiger charge is 2.24. The van der Waals surface area contributed by atoms with E-state index in [1.165, 1.54) is 37.7 Å². The van der Waals surface area contributed by atoms with Gasteiger partial charge in [-0.2, -0.15) is 0 Å². The van der Waals surface area contributed by atoms with Crippen LogP contribution in [0.15, 0.2) is 30.3 Å². The van der Waals surface area contributed by atoms with Gasteiger partial charge < -0.3 is 5.11 Å². The third-order valence-electron chi connectivity index (χ3n) is 4.65. The van der Waals surface area contributed by atoms with Crippen LogP contribution in [0, 0.1) is 5.92 Å². The first-order valence-electron chi connectivity index (χ1n) is 9.54. The lowest BCUT2D eigenvalue weighted by molar-refractivity contribution is -0.139. The summed E-state index contributed by atoms with van der Waals surface area (Å²) in [6, 6.07) is 10.5. The summed E-state index contributed by atoms with van der Waals surface area (Å²) in [6.07, 6.45) is 7.81. The molecule has 0 fully saturated rings. The smallest absolute Gasteiger partial charge is 0.304 e. The van der Waals surface area contributed by atoms with Crippen LogP contribution < -0.4 is 0 Å². The summed E-state index contributed by atoms with van der Waals surface area (Å²) >= 11 is 0. The molecule has 1 atom stereocenters. The van der Waals surface area contributed by atoms with E-state index in [1.807, 2.05) is 6.07 Å². The fourth-order valence-corrected chi connectivity index (χ4v) is 3.24. The van der Waals surface area contributed by atoms with Crippen molar-refractivity contribution in [2.75, 3.05) is 6.54 Å². The van der Waals surface area contributed by atoms with Gasteiger partial charge in [0.25, 0.3) is 0 Å². The number of hydrogen-bond donors (Lipinski definition) is 1. The van der Waals surface area contributed by atoms with Gasteiger partial charge in [0.2, 0.25) is 0 Å². The minimum Gasteiger partial charge on any atom is -0.481 e. The van der Waals surface area contributed by atoms with Crippen LogP contribution in [-0.4, -0.2) is 28.6 Å². The van der Waals surface area contributed by atoms with E-state index >= 15 is 0 Å². The summed E-state index contributed by atoms with van der Waals surface area (Å²) in [5, 5.41) is 9.29. The zero-order valence-corrected chi connectivity index (χ0v) is 15.7. The van der Waals surface area contributed by atoms with E-state index in [-0.39, 0.29) is 12.5 Å². The number of hydrogen-bond acceptors (Lipinski definition) is 2. The fraction of sp³-hybridized carbons (Fsp3) is 0.667. The van der Waals surface area contributed by atoms with Crippen molar-refractivity contribution in [2.24, 2.45) is 5.92 Å². The highest BCUT2D eigenvalue weighted by atomic mass is 16.4. The summed E-state index contributed by atoms with van der Waals surface area (Å²) < 4.78 is 0. The second kappa shape index (κ2) is 12.1. The Hall–Kier alpha value is -1.35. The monoisotopic (exact) mass is 333 g/mol. The molecular weight excluding hydrogens is 298 g/mol. The standard InChI is InChI=1S/C21H35NO2/c1-4-5-6-7-8-12-15-22(17-19-13-10-9-11-14-19)20(18(2)3)16-21(23)24/h9-11,13-14,18,20H,4-8,12,15-17H2,1-3H3,(H,23,24). The van der Waals surface area contributed by atoms with Crippen molar-refractivity contribution in [1.82, 2.24) is 4.90 Å². The van der Waals surface area contributed by atoms with Gasteiger partial charge in [-0.3, -0.25) is 9.69 Å². The second-order valence-corrected chi connectivity index (χ2v) is 7.13. The van der Waals surface area contributed by atoms with Crippen LogP contribution in [0.2, 0.25) is 0 Å². The van der Waals surface area contributed by atoms with Crippen molar-refractivity contribution in [3.63, 3.8) is 0 Å². The van der Waals surface area contributed by atoms with Gasteiger partial charge in [0.05, 0.1) is 6.42 Å². The summed E-state index contributed by atoms with van der Waals surface area (Å²) in [6.45, 7) is 8.32. The Kier molecular flexibility index (Phi) is 10.4. The molecule has 1 unspecified atom stereocenters. The molecule has 24 heavy (non-hydrogen) atoms. The van der Waals surface area contributed by atoms with E-state index in [2.05, 4.69) is 49.9 Å². The van der Waals surface area contributed by atoms with Crippen LogP contribution in [0.1, 0.15) is 71.3 Å². The number of nitrogens with zero attached hydrogens (tertiary/aromatic N) is 1. The Balaban J connectivity index is 2.64. The van der Waals surface area contributed by atoms with E-state index in [0.29, 0.717) is 5.92 Å². The molecule has 1 aromatic carbocycles. The Morgan fingerprint density at radius 3 is 2.25 bits per heavy atom. The Bertz CT molecular complexity index is 444. The van der Waals surface area contributed by atoms with Crippen molar-refractivity contribution < 1.29 is 9.90 Å². The number of carboxylic acid groups (broad SMARTS) is 1. The third-order valence-corrected chi connectivity index (χ3v) is 4.65. The van der Waals surface area contributed by atoms with Crippen molar-refractivity contribution in [1.29, 1.82) is 0 Å². The molecule has 0 radical (unpaired) electrons. The highest BCUT2D eigenvalue weighted by Crippen LogP contribution is 2.19. The maximum atomic E-state index is 11.3. The van der Waals surface area contributed by atoms with Gasteiger partial charge in [0, 0.05) is 12.6 Å². The van der Waals surface area contributed by atoms with Crippen molar-refractivity contribution in [3.8, 4) is 0 Å². The molecular formula is C21H35NO2. The average Bonchev–Trinajstić information content (AvgIpc) is 2.55. The normalized spacial score (nSPS) is 12.7. The number of benzene rings is 1. The van der Waals surface area contributed by atoms with Crippen molar-refractivity contribution in [2.45, 2.75) is 78.3 Å². The first-order valence-corrected chi connectivity index (χ1v) is 9.54. The summed E-state index contributed by atoms with van der Waals surface area (Å²) in [5.41, 5.74) is 1.26. The lowest BCUT2D eigenvalue weighted by Crippen LogP contribution is -2.40. The number of aliphatic carboxylic acids is 1. The Morgan fingerprint density at radius 2 is 1.67 bits per heavy atom. The minimum absolute atomic E-state index is 0.0957. The molecule has 3 nitrogen and oxygen atoms in total. The predicted molar refractivity (Wildman–Crippen MR) is 101 cm³/mol. The van der Waals surface area contributed by atoms with E-state index in [1.54, 1.807) is 0 Å². The first kappa shape index (κ1) is 20.7. The van der Waals surface area contributed by atoms with E-state index in [0.717, 1.165) is 19.5 Å². The number of unbranched alkanes of at least 4 members (excludes halogenated alkanes) is 5. The van der Waals surface area contributed by atoms with Crippen LogP contribution in [0.5, 0.6) is 0 Å². The van der Waals surface area contributed by atoms with Crippen LogP contribution >= 0.6 is 0 Å². The number of carbonyl (C=O) groups is 1. The molecule has 0 aromatic heterocycles. The molecule has 0 saturated carbocycles. The van der Waals surface area contributed by atoms with Gasteiger partial charge in [-0.15, -0.1) is 0 Å². The zero-order chi connectivity index (χ0) is 17.8. The third kappa shape index (κ3) is 8.49. The molecule has 1 rings (SSSR count). The van der Waals surface area contributed by atoms with Crippen LogP contribution in [0.3, 0.4) is 0 Å². The second-order valence-electron chi connectivity index (χ2n) is 7.13. The molecule has 3 heteroatoms. The van der Waals surface area contributed by atoms with Crippen molar-refractivity contribution in [3.05, 3.63) is 35.9 Å². The molecule has 136 valence electrons. The molecule has 0 bridgehead atoms. The quantitative estimate of drug-likeness (QED) is 0.495. The Labute approximate surface area is 148 Å². The molecule has 0 heterocycles. The van der Waals surface area contributed by atoms with Gasteiger partial charge >= 0.3 is 5.97 Å². The van der Waals surface area contributed by atoms with E-state index in [4.69, 9.17) is 0 Å². The van der Waals surface area contributed by atoms with Crippen LogP contribution in [0.25, 0.3) is 0 Å². The average molecular weight is 334 g/mol. The first-order chi connectivity index (χ1) is 11.5. The molecule has 0 amide bonds. The van der Waals surface area contributed by atoms with Gasteiger partial charge in [0.15, 0.2) is 0 Å². The lowest BCUT2D eigenvalue weighted by atomic mass is 9.97. The topological polar surface area (TPSA) is 40.5 Å². The van der Waals surface area contributed by atoms with E-state index in [9.17, 15) is 9.90 Å². The predicted octanol–water partition coefficient (Wildman–Crippen LogP) is 5.35. The highest BCUT2D eigenvalue weighted by molar-refractivity contribution is 5.67. The van der Waals surface area contributed by atoms with Gasteiger partial charge in [-0.05, 0) is 24.4 Å². The largest absolute Gasteiger partial charge is 0.481 e. The van der Waals surface area contributed by atoms with Gasteiger partial charge in [0.1, 0.15) is 0 Å². The molecule has 0 aliphatic rings. The maximum absolute atomic E-state index is 11.3. The molecule has 0 aliphatic carbocycles. The maximum Gasteiger partial charge on any atom is 0.304 e. The van der Waals surface area contributed by atoms with Crippen LogP contribution in [0.4, 0.5) is 0 Å². The van der Waals surface area contributed by atoms with E-state index < -0.39 is 5.97 Å². The number of carboxylic acids is 1. The van der Waals surface area contributed by atoms with Crippen LogP contribution in [-0.2, 0) is 11.3 Å². The summed E-state index contributed by atoms with van der Waals surface area (Å²) in [7, 11) is 0. The van der Waals surface area contributed by atoms with Crippen molar-refractivity contribution >= 4 is 5.97 Å². The zero-order valence-electron chi connectivity index (χ0n) is 15.7. The SMILES string of the molecule is CCCCCCCCN(Cc1ccccc1)C(CC(=O)O)C(C)C.